The summed E-state index contributed by atoms with van der Waals surface area (Å²) in [5.41, 5.74) is 3.35. The average Bonchev–Trinajstić information content (AvgIpc) is 3.02. The Hall–Kier alpha value is -3.12. The Morgan fingerprint density at radius 3 is 2.26 bits per heavy atom. The number of likely N-dealkylation sites (tertiary alicyclic amines) is 1. The van der Waals surface area contributed by atoms with Crippen LogP contribution in [0.25, 0.3) is 5.76 Å². The minimum absolute atomic E-state index is 0.0231. The molecule has 1 aliphatic rings. The smallest absolute Gasteiger partial charge is 0.295 e. The van der Waals surface area contributed by atoms with E-state index in [9.17, 15) is 14.7 Å². The molecule has 1 unspecified atom stereocenters. The van der Waals surface area contributed by atoms with E-state index in [1.165, 1.54) is 0 Å². The molecule has 1 heterocycles. The summed E-state index contributed by atoms with van der Waals surface area (Å²) < 4.78 is 5.55. The van der Waals surface area contributed by atoms with Crippen molar-refractivity contribution in [3.05, 3.63) is 70.3 Å². The fourth-order valence-corrected chi connectivity index (χ4v) is 4.23. The number of likely N-dealkylation sites (N-methyl/N-ethyl adjacent to an activating group) is 1. The SMILES string of the molecule is CCOc1ccc(C(O)=C2C(=O)C(=O)N(CCN(C)C)C2c2ccc(C(C)(C)C)cc2)c(C)c1. The van der Waals surface area contributed by atoms with Crippen molar-refractivity contribution < 1.29 is 19.4 Å². The van der Waals surface area contributed by atoms with Crippen molar-refractivity contribution in [1.82, 2.24) is 9.80 Å². The zero-order chi connectivity index (χ0) is 25.2. The van der Waals surface area contributed by atoms with Gasteiger partial charge in [-0.2, -0.15) is 0 Å². The molecule has 0 aromatic heterocycles. The van der Waals surface area contributed by atoms with Gasteiger partial charge < -0.3 is 19.6 Å². The number of aliphatic hydroxyl groups is 1. The minimum atomic E-state index is -0.658. The van der Waals surface area contributed by atoms with Crippen molar-refractivity contribution in [2.24, 2.45) is 0 Å². The van der Waals surface area contributed by atoms with Crippen LogP contribution >= 0.6 is 0 Å². The highest BCUT2D eigenvalue weighted by Gasteiger charge is 2.46. The molecule has 1 N–H and O–H groups in total. The monoisotopic (exact) mass is 464 g/mol. The van der Waals surface area contributed by atoms with Gasteiger partial charge in [0.1, 0.15) is 11.5 Å². The zero-order valence-electron chi connectivity index (χ0n) is 21.3. The van der Waals surface area contributed by atoms with Crippen LogP contribution in [0.4, 0.5) is 0 Å². The molecule has 6 nitrogen and oxygen atoms in total. The number of benzene rings is 2. The highest BCUT2D eigenvalue weighted by Crippen LogP contribution is 2.40. The molecule has 2 aromatic rings. The molecule has 1 aliphatic heterocycles. The molecular formula is C28H36N2O4. The predicted molar refractivity (Wildman–Crippen MR) is 135 cm³/mol. The number of amides is 1. The molecule has 0 spiro atoms. The topological polar surface area (TPSA) is 70.1 Å². The van der Waals surface area contributed by atoms with Gasteiger partial charge in [0.2, 0.25) is 0 Å². The Morgan fingerprint density at radius 2 is 1.74 bits per heavy atom. The van der Waals surface area contributed by atoms with Crippen LogP contribution in [-0.4, -0.2) is 60.4 Å². The Labute approximate surface area is 202 Å². The van der Waals surface area contributed by atoms with Crippen LogP contribution in [0, 0.1) is 6.92 Å². The lowest BCUT2D eigenvalue weighted by molar-refractivity contribution is -0.140. The molecule has 34 heavy (non-hydrogen) atoms. The first-order valence-corrected chi connectivity index (χ1v) is 11.7. The second-order valence-corrected chi connectivity index (χ2v) is 10.1. The van der Waals surface area contributed by atoms with Gasteiger partial charge in [-0.1, -0.05) is 45.0 Å². The summed E-state index contributed by atoms with van der Waals surface area (Å²) in [7, 11) is 3.85. The first-order chi connectivity index (χ1) is 16.0. The number of hydrogen-bond acceptors (Lipinski definition) is 5. The van der Waals surface area contributed by atoms with Gasteiger partial charge in [0.25, 0.3) is 11.7 Å². The van der Waals surface area contributed by atoms with Gasteiger partial charge in [-0.3, -0.25) is 9.59 Å². The van der Waals surface area contributed by atoms with Gasteiger partial charge in [-0.05, 0) is 68.2 Å². The molecule has 6 heteroatoms. The fourth-order valence-electron chi connectivity index (χ4n) is 4.23. The first kappa shape index (κ1) is 25.5. The van der Waals surface area contributed by atoms with Crippen LogP contribution in [0.5, 0.6) is 5.75 Å². The molecule has 0 radical (unpaired) electrons. The Bertz CT molecular complexity index is 1090. The lowest BCUT2D eigenvalue weighted by atomic mass is 9.85. The number of aryl methyl sites for hydroxylation is 1. The number of ether oxygens (including phenoxy) is 1. The highest BCUT2D eigenvalue weighted by molar-refractivity contribution is 6.46. The molecule has 0 bridgehead atoms. The molecule has 1 amide bonds. The van der Waals surface area contributed by atoms with E-state index in [-0.39, 0.29) is 16.7 Å². The van der Waals surface area contributed by atoms with Crippen LogP contribution in [-0.2, 0) is 15.0 Å². The number of aliphatic hydroxyl groups excluding tert-OH is 1. The second-order valence-electron chi connectivity index (χ2n) is 10.1. The van der Waals surface area contributed by atoms with Gasteiger partial charge in [0.15, 0.2) is 0 Å². The van der Waals surface area contributed by atoms with Crippen LogP contribution < -0.4 is 4.74 Å². The van der Waals surface area contributed by atoms with Crippen LogP contribution in [0.3, 0.4) is 0 Å². The lowest BCUT2D eigenvalue weighted by Crippen LogP contribution is -2.35. The molecule has 182 valence electrons. The first-order valence-electron chi connectivity index (χ1n) is 11.7. The largest absolute Gasteiger partial charge is 0.507 e. The van der Waals surface area contributed by atoms with Crippen molar-refractivity contribution in [3.63, 3.8) is 0 Å². The van der Waals surface area contributed by atoms with Crippen molar-refractivity contribution in [1.29, 1.82) is 0 Å². The Kier molecular flexibility index (Phi) is 7.51. The van der Waals surface area contributed by atoms with Crippen molar-refractivity contribution >= 4 is 17.4 Å². The van der Waals surface area contributed by atoms with E-state index in [2.05, 4.69) is 20.8 Å². The molecule has 0 saturated carbocycles. The second kappa shape index (κ2) is 10.0. The number of hydrogen-bond donors (Lipinski definition) is 1. The molecule has 3 rings (SSSR count). The van der Waals surface area contributed by atoms with Crippen LogP contribution in [0.2, 0.25) is 0 Å². The summed E-state index contributed by atoms with van der Waals surface area (Å²) in [4.78, 5) is 29.9. The maximum Gasteiger partial charge on any atom is 0.295 e. The maximum absolute atomic E-state index is 13.2. The summed E-state index contributed by atoms with van der Waals surface area (Å²) in [6.45, 7) is 11.7. The third kappa shape index (κ3) is 5.17. The number of carbonyl (C=O) groups is 2. The van der Waals surface area contributed by atoms with Crippen LogP contribution in [0.15, 0.2) is 48.0 Å². The zero-order valence-corrected chi connectivity index (χ0v) is 21.3. The third-order valence-electron chi connectivity index (χ3n) is 6.18. The highest BCUT2D eigenvalue weighted by atomic mass is 16.5. The fraction of sp³-hybridized carbons (Fsp3) is 0.429. The quantitative estimate of drug-likeness (QED) is 0.366. The summed E-state index contributed by atoms with van der Waals surface area (Å²) in [5.74, 6) is -0.709. The molecular weight excluding hydrogens is 428 g/mol. The normalized spacial score (nSPS) is 18.1. The van der Waals surface area contributed by atoms with Gasteiger partial charge >= 0.3 is 0 Å². The molecule has 1 fully saturated rings. The molecule has 2 aromatic carbocycles. The van der Waals surface area contributed by atoms with Crippen LogP contribution in [0.1, 0.15) is 56.0 Å². The number of carbonyl (C=O) groups excluding carboxylic acids is 2. The summed E-state index contributed by atoms with van der Waals surface area (Å²) in [5, 5.41) is 11.3. The van der Waals surface area contributed by atoms with Gasteiger partial charge in [-0.15, -0.1) is 0 Å². The van der Waals surface area contributed by atoms with E-state index in [1.54, 1.807) is 17.0 Å². The van der Waals surface area contributed by atoms with Crippen molar-refractivity contribution in [3.8, 4) is 5.75 Å². The average molecular weight is 465 g/mol. The molecule has 1 saturated heterocycles. The standard InChI is InChI=1S/C28H36N2O4/c1-8-34-21-13-14-22(18(2)17-21)25(31)23-24(19-9-11-20(12-10-19)28(3,4)5)30(16-15-29(6)7)27(33)26(23)32/h9-14,17,24,31H,8,15-16H2,1-7H3. The molecule has 0 aliphatic carbocycles. The number of rotatable bonds is 7. The van der Waals surface area contributed by atoms with Gasteiger partial charge in [0.05, 0.1) is 18.2 Å². The van der Waals surface area contributed by atoms with Gasteiger partial charge in [-0.25, -0.2) is 0 Å². The number of Topliss-reactive ketones (excluding diaryl/α,β-unsaturated/α-hetero) is 1. The summed E-state index contributed by atoms with van der Waals surface area (Å²) in [6, 6.07) is 12.7. The van der Waals surface area contributed by atoms with E-state index in [4.69, 9.17) is 4.74 Å². The van der Waals surface area contributed by atoms with E-state index in [1.807, 2.05) is 63.2 Å². The van der Waals surface area contributed by atoms with E-state index < -0.39 is 17.7 Å². The minimum Gasteiger partial charge on any atom is -0.507 e. The Balaban J connectivity index is 2.14. The van der Waals surface area contributed by atoms with Gasteiger partial charge in [0, 0.05) is 18.7 Å². The third-order valence-corrected chi connectivity index (χ3v) is 6.18. The lowest BCUT2D eigenvalue weighted by Gasteiger charge is -2.27. The summed E-state index contributed by atoms with van der Waals surface area (Å²) >= 11 is 0. The predicted octanol–water partition coefficient (Wildman–Crippen LogP) is 4.67. The van der Waals surface area contributed by atoms with E-state index >= 15 is 0 Å². The van der Waals surface area contributed by atoms with Crippen molar-refractivity contribution in [2.75, 3.05) is 33.8 Å². The van der Waals surface area contributed by atoms with E-state index in [0.29, 0.717) is 31.0 Å². The van der Waals surface area contributed by atoms with Crippen molar-refractivity contribution in [2.45, 2.75) is 46.1 Å². The van der Waals surface area contributed by atoms with E-state index in [0.717, 1.165) is 16.7 Å². The summed E-state index contributed by atoms with van der Waals surface area (Å²) in [6.07, 6.45) is 0. The number of nitrogens with zero attached hydrogens (tertiary/aromatic N) is 2. The maximum atomic E-state index is 13.2. The number of ketones is 1. The molecule has 1 atom stereocenters. The Morgan fingerprint density at radius 1 is 1.09 bits per heavy atom.